The Morgan fingerprint density at radius 2 is 2.21 bits per heavy atom. The van der Waals surface area contributed by atoms with Gasteiger partial charge in [-0.25, -0.2) is 0 Å². The first-order chi connectivity index (χ1) is 11.7. The molecule has 24 heavy (non-hydrogen) atoms. The van der Waals surface area contributed by atoms with Gasteiger partial charge in [-0.05, 0) is 43.4 Å². The van der Waals surface area contributed by atoms with Crippen molar-refractivity contribution in [2.75, 3.05) is 24.2 Å². The van der Waals surface area contributed by atoms with Crippen LogP contribution < -0.4 is 5.32 Å². The Labute approximate surface area is 148 Å². The standard InChI is InChI=1S/C19H26N2O2S/c1-2-4-14-5-3-10-21(11-8-14)19(23)15-6-7-17-16(13-15)20-18(22)9-12-24-17/h6-7,13-14H,2-5,8-12H2,1H3,(H,20,22)/t14-/m1/s1. The Hall–Kier alpha value is -1.49. The number of benzene rings is 1. The third-order valence-corrected chi connectivity index (χ3v) is 5.99. The third-order valence-electron chi connectivity index (χ3n) is 4.92. The lowest BCUT2D eigenvalue weighted by Gasteiger charge is -2.21. The monoisotopic (exact) mass is 346 g/mol. The lowest BCUT2D eigenvalue weighted by atomic mass is 9.96. The van der Waals surface area contributed by atoms with Crippen LogP contribution in [0.15, 0.2) is 23.1 Å². The number of hydrogen-bond donors (Lipinski definition) is 1. The van der Waals surface area contributed by atoms with Gasteiger partial charge in [-0.2, -0.15) is 0 Å². The molecule has 0 unspecified atom stereocenters. The zero-order valence-electron chi connectivity index (χ0n) is 14.3. The first-order valence-corrected chi connectivity index (χ1v) is 10.0. The average molecular weight is 346 g/mol. The van der Waals surface area contributed by atoms with Gasteiger partial charge < -0.3 is 10.2 Å². The van der Waals surface area contributed by atoms with Crippen molar-refractivity contribution < 1.29 is 9.59 Å². The van der Waals surface area contributed by atoms with Crippen LogP contribution in [0.3, 0.4) is 0 Å². The Kier molecular flexibility index (Phi) is 5.82. The topological polar surface area (TPSA) is 49.4 Å². The molecule has 3 rings (SSSR count). The van der Waals surface area contributed by atoms with Crippen LogP contribution >= 0.6 is 11.8 Å². The van der Waals surface area contributed by atoms with Gasteiger partial charge in [0.1, 0.15) is 0 Å². The number of amides is 2. The van der Waals surface area contributed by atoms with E-state index < -0.39 is 0 Å². The molecule has 0 aromatic heterocycles. The summed E-state index contributed by atoms with van der Waals surface area (Å²) in [5.41, 5.74) is 1.47. The van der Waals surface area contributed by atoms with Crippen molar-refractivity contribution in [3.63, 3.8) is 0 Å². The molecule has 1 saturated heterocycles. The quantitative estimate of drug-likeness (QED) is 0.894. The van der Waals surface area contributed by atoms with E-state index in [9.17, 15) is 9.59 Å². The molecule has 2 heterocycles. The molecule has 1 aromatic carbocycles. The summed E-state index contributed by atoms with van der Waals surface area (Å²) in [5.74, 6) is 1.67. The number of thioether (sulfide) groups is 1. The summed E-state index contributed by atoms with van der Waals surface area (Å²) >= 11 is 1.67. The molecule has 130 valence electrons. The largest absolute Gasteiger partial charge is 0.339 e. The van der Waals surface area contributed by atoms with Gasteiger partial charge in [0.25, 0.3) is 5.91 Å². The molecule has 0 saturated carbocycles. The highest BCUT2D eigenvalue weighted by Crippen LogP contribution is 2.32. The van der Waals surface area contributed by atoms with Crippen LogP contribution in [-0.2, 0) is 4.79 Å². The summed E-state index contributed by atoms with van der Waals surface area (Å²) in [6, 6.07) is 5.72. The van der Waals surface area contributed by atoms with E-state index in [1.807, 2.05) is 23.1 Å². The molecule has 2 aliphatic heterocycles. The number of carbonyl (C=O) groups excluding carboxylic acids is 2. The number of hydrogen-bond acceptors (Lipinski definition) is 3. The molecular weight excluding hydrogens is 320 g/mol. The fourth-order valence-electron chi connectivity index (χ4n) is 3.60. The second-order valence-electron chi connectivity index (χ2n) is 6.74. The number of rotatable bonds is 3. The summed E-state index contributed by atoms with van der Waals surface area (Å²) in [4.78, 5) is 27.7. The SMILES string of the molecule is CCC[C@@H]1CCCN(C(=O)c2ccc3c(c2)NC(=O)CCS3)CC1. The van der Waals surface area contributed by atoms with Gasteiger partial charge in [-0.3, -0.25) is 9.59 Å². The molecule has 5 heteroatoms. The molecule has 4 nitrogen and oxygen atoms in total. The molecule has 1 N–H and O–H groups in total. The number of fused-ring (bicyclic) bond motifs is 1. The predicted molar refractivity (Wildman–Crippen MR) is 98.6 cm³/mol. The second kappa shape index (κ2) is 8.06. The number of nitrogens with zero attached hydrogens (tertiary/aromatic N) is 1. The molecule has 0 bridgehead atoms. The maximum Gasteiger partial charge on any atom is 0.253 e. The summed E-state index contributed by atoms with van der Waals surface area (Å²) in [6.45, 7) is 3.93. The number of anilines is 1. The Bertz CT molecular complexity index is 617. The minimum absolute atomic E-state index is 0.0306. The van der Waals surface area contributed by atoms with Crippen molar-refractivity contribution in [1.29, 1.82) is 0 Å². The summed E-state index contributed by atoms with van der Waals surface area (Å²) in [5, 5.41) is 2.93. The van der Waals surface area contributed by atoms with Crippen molar-refractivity contribution >= 4 is 29.3 Å². The molecule has 0 radical (unpaired) electrons. The Morgan fingerprint density at radius 1 is 1.33 bits per heavy atom. The van der Waals surface area contributed by atoms with E-state index >= 15 is 0 Å². The van der Waals surface area contributed by atoms with Crippen LogP contribution in [0.1, 0.15) is 55.8 Å². The van der Waals surface area contributed by atoms with Crippen LogP contribution in [-0.4, -0.2) is 35.6 Å². The fourth-order valence-corrected chi connectivity index (χ4v) is 4.54. The minimum Gasteiger partial charge on any atom is -0.339 e. The van der Waals surface area contributed by atoms with Crippen molar-refractivity contribution in [2.24, 2.45) is 5.92 Å². The maximum absolute atomic E-state index is 12.9. The van der Waals surface area contributed by atoms with Crippen molar-refractivity contribution in [3.8, 4) is 0 Å². The molecule has 0 aliphatic carbocycles. The van der Waals surface area contributed by atoms with Crippen LogP contribution in [0.5, 0.6) is 0 Å². The van der Waals surface area contributed by atoms with Crippen LogP contribution in [0.2, 0.25) is 0 Å². The highest BCUT2D eigenvalue weighted by Gasteiger charge is 2.22. The molecule has 1 atom stereocenters. The van der Waals surface area contributed by atoms with Gasteiger partial charge in [0.05, 0.1) is 5.69 Å². The molecule has 2 amide bonds. The number of likely N-dealkylation sites (tertiary alicyclic amines) is 1. The van der Waals surface area contributed by atoms with Gasteiger partial charge in [0.2, 0.25) is 5.91 Å². The van der Waals surface area contributed by atoms with Crippen molar-refractivity contribution in [1.82, 2.24) is 4.90 Å². The number of carbonyl (C=O) groups is 2. The Morgan fingerprint density at radius 3 is 3.04 bits per heavy atom. The maximum atomic E-state index is 12.9. The Balaban J connectivity index is 1.72. The molecule has 2 aliphatic rings. The third kappa shape index (κ3) is 4.12. The van der Waals surface area contributed by atoms with E-state index in [0.717, 1.165) is 48.2 Å². The second-order valence-corrected chi connectivity index (χ2v) is 7.87. The highest BCUT2D eigenvalue weighted by molar-refractivity contribution is 7.99. The van der Waals surface area contributed by atoms with Gasteiger partial charge in [0.15, 0.2) is 0 Å². The molecule has 1 fully saturated rings. The van der Waals surface area contributed by atoms with Gasteiger partial charge in [0, 0.05) is 35.7 Å². The minimum atomic E-state index is 0.0306. The van der Waals surface area contributed by atoms with Crippen molar-refractivity contribution in [3.05, 3.63) is 23.8 Å². The fraction of sp³-hybridized carbons (Fsp3) is 0.579. The lowest BCUT2D eigenvalue weighted by Crippen LogP contribution is -2.32. The van der Waals surface area contributed by atoms with Crippen molar-refractivity contribution in [2.45, 2.75) is 50.3 Å². The van der Waals surface area contributed by atoms with Crippen LogP contribution in [0.4, 0.5) is 5.69 Å². The summed E-state index contributed by atoms with van der Waals surface area (Å²) in [6.07, 6.45) is 6.44. The van der Waals surface area contributed by atoms with E-state index in [0.29, 0.717) is 12.0 Å². The van der Waals surface area contributed by atoms with Crippen LogP contribution in [0.25, 0.3) is 0 Å². The molecule has 1 aromatic rings. The summed E-state index contributed by atoms with van der Waals surface area (Å²) < 4.78 is 0. The zero-order valence-corrected chi connectivity index (χ0v) is 15.2. The average Bonchev–Trinajstić information content (AvgIpc) is 2.91. The predicted octanol–water partition coefficient (Wildman–Crippen LogP) is 4.16. The first-order valence-electron chi connectivity index (χ1n) is 9.03. The normalized spacial score (nSPS) is 21.5. The van der Waals surface area contributed by atoms with Gasteiger partial charge in [-0.1, -0.05) is 19.8 Å². The lowest BCUT2D eigenvalue weighted by molar-refractivity contribution is -0.115. The van der Waals surface area contributed by atoms with Gasteiger partial charge in [-0.15, -0.1) is 11.8 Å². The van der Waals surface area contributed by atoms with E-state index in [1.54, 1.807) is 11.8 Å². The smallest absolute Gasteiger partial charge is 0.253 e. The molecular formula is C19H26N2O2S. The molecule has 0 spiro atoms. The summed E-state index contributed by atoms with van der Waals surface area (Å²) in [7, 11) is 0. The van der Waals surface area contributed by atoms with E-state index in [4.69, 9.17) is 0 Å². The van der Waals surface area contributed by atoms with Crippen LogP contribution in [0, 0.1) is 5.92 Å². The number of nitrogens with one attached hydrogen (secondary N) is 1. The zero-order chi connectivity index (χ0) is 16.9. The highest BCUT2D eigenvalue weighted by atomic mass is 32.2. The van der Waals surface area contributed by atoms with E-state index in [-0.39, 0.29) is 11.8 Å². The van der Waals surface area contributed by atoms with E-state index in [1.165, 1.54) is 19.3 Å². The first kappa shape index (κ1) is 17.3. The van der Waals surface area contributed by atoms with E-state index in [2.05, 4.69) is 12.2 Å². The van der Waals surface area contributed by atoms with Gasteiger partial charge >= 0.3 is 0 Å².